The number of rotatable bonds is 9. The zero-order valence-electron chi connectivity index (χ0n) is 11.3. The average Bonchev–Trinajstić information content (AvgIpc) is 2.38. The van der Waals surface area contributed by atoms with Gasteiger partial charge < -0.3 is 10.1 Å². The minimum absolute atomic E-state index is 0.0533. The van der Waals surface area contributed by atoms with E-state index < -0.39 is 4.92 Å². The lowest BCUT2D eigenvalue weighted by atomic mass is 10.2. The molecule has 0 heterocycles. The minimum atomic E-state index is -0.401. The summed E-state index contributed by atoms with van der Waals surface area (Å²) >= 11 is 1.83. The molecule has 0 aliphatic rings. The molecule has 0 spiro atoms. The Morgan fingerprint density at radius 1 is 1.37 bits per heavy atom. The number of unbranched alkanes of at least 4 members (excludes halogenated alkanes) is 1. The Hall–Kier alpha value is -1.43. The smallest absolute Gasteiger partial charge is 0.275 e. The molecule has 0 atom stereocenters. The zero-order valence-corrected chi connectivity index (χ0v) is 12.2. The van der Waals surface area contributed by atoms with Crippen molar-refractivity contribution in [3.8, 4) is 5.75 Å². The number of anilines is 1. The molecule has 1 aromatic carbocycles. The highest BCUT2D eigenvalue weighted by Crippen LogP contribution is 2.26. The van der Waals surface area contributed by atoms with Crippen molar-refractivity contribution in [2.75, 3.05) is 30.5 Å². The Labute approximate surface area is 117 Å². The summed E-state index contributed by atoms with van der Waals surface area (Å²) in [6, 6.07) is 4.78. The van der Waals surface area contributed by atoms with E-state index in [1.165, 1.54) is 12.1 Å². The fourth-order valence-corrected chi connectivity index (χ4v) is 2.14. The van der Waals surface area contributed by atoms with E-state index in [4.69, 9.17) is 4.74 Å². The van der Waals surface area contributed by atoms with Gasteiger partial charge in [0, 0.05) is 24.4 Å². The molecule has 0 unspecified atom stereocenters. The van der Waals surface area contributed by atoms with Crippen LogP contribution in [0.15, 0.2) is 18.2 Å². The molecule has 0 aliphatic carbocycles. The van der Waals surface area contributed by atoms with E-state index >= 15 is 0 Å². The van der Waals surface area contributed by atoms with E-state index in [1.54, 1.807) is 6.07 Å². The van der Waals surface area contributed by atoms with Gasteiger partial charge in [-0.3, -0.25) is 10.1 Å². The van der Waals surface area contributed by atoms with Crippen LogP contribution < -0.4 is 10.1 Å². The van der Waals surface area contributed by atoms with E-state index in [9.17, 15) is 10.1 Å². The van der Waals surface area contributed by atoms with Crippen molar-refractivity contribution in [3.05, 3.63) is 28.3 Å². The van der Waals surface area contributed by atoms with Crippen LogP contribution in [0.3, 0.4) is 0 Å². The maximum atomic E-state index is 10.8. The van der Waals surface area contributed by atoms with Gasteiger partial charge in [0.1, 0.15) is 5.75 Å². The summed E-state index contributed by atoms with van der Waals surface area (Å²) in [5.41, 5.74) is 0.791. The van der Waals surface area contributed by atoms with Crippen LogP contribution in [0, 0.1) is 10.1 Å². The van der Waals surface area contributed by atoms with Crippen molar-refractivity contribution in [2.24, 2.45) is 0 Å². The Kier molecular flexibility index (Phi) is 7.10. The van der Waals surface area contributed by atoms with Gasteiger partial charge in [0.25, 0.3) is 5.69 Å². The van der Waals surface area contributed by atoms with Crippen LogP contribution in [0.25, 0.3) is 0 Å². The second-order valence-corrected chi connectivity index (χ2v) is 5.02. The summed E-state index contributed by atoms with van der Waals surface area (Å²) in [5, 5.41) is 14.0. The second kappa shape index (κ2) is 8.63. The number of hydrogen-bond acceptors (Lipinski definition) is 5. The number of nitro groups is 1. The average molecular weight is 284 g/mol. The predicted octanol–water partition coefficient (Wildman–Crippen LogP) is 3.55. The number of hydrogen-bond donors (Lipinski definition) is 1. The summed E-state index contributed by atoms with van der Waals surface area (Å²) in [5.74, 6) is 1.67. The van der Waals surface area contributed by atoms with Crippen molar-refractivity contribution >= 4 is 23.1 Å². The fourth-order valence-electron chi connectivity index (χ4n) is 1.64. The zero-order chi connectivity index (χ0) is 14.1. The van der Waals surface area contributed by atoms with Crippen LogP contribution >= 0.6 is 11.8 Å². The highest BCUT2D eigenvalue weighted by Gasteiger charge is 2.10. The standard InChI is InChI=1S/C13H20N2O3S/c1-3-18-13-9-11(8-12(10-13)15(16)17)14-6-4-5-7-19-2/h8-10,14H,3-7H2,1-2H3. The molecule has 106 valence electrons. The van der Waals surface area contributed by atoms with Crippen LogP contribution in [0.5, 0.6) is 5.75 Å². The predicted molar refractivity (Wildman–Crippen MR) is 80.4 cm³/mol. The molecule has 0 bridgehead atoms. The van der Waals surface area contributed by atoms with Crippen molar-refractivity contribution in [3.63, 3.8) is 0 Å². The quantitative estimate of drug-likeness (QED) is 0.427. The Morgan fingerprint density at radius 2 is 2.16 bits per heavy atom. The third-order valence-corrected chi connectivity index (χ3v) is 3.21. The van der Waals surface area contributed by atoms with Gasteiger partial charge in [-0.25, -0.2) is 0 Å². The SMILES string of the molecule is CCOc1cc(NCCCCSC)cc([N+](=O)[O-])c1. The van der Waals surface area contributed by atoms with Crippen LogP contribution in [0.4, 0.5) is 11.4 Å². The lowest BCUT2D eigenvalue weighted by Gasteiger charge is -2.09. The van der Waals surface area contributed by atoms with Gasteiger partial charge in [-0.1, -0.05) is 0 Å². The molecule has 6 heteroatoms. The first kappa shape index (κ1) is 15.6. The summed E-state index contributed by atoms with van der Waals surface area (Å²) in [6.45, 7) is 3.16. The number of thioether (sulfide) groups is 1. The van der Waals surface area contributed by atoms with Gasteiger partial charge in [0.05, 0.1) is 17.6 Å². The highest BCUT2D eigenvalue weighted by atomic mass is 32.2. The molecule has 0 saturated carbocycles. The van der Waals surface area contributed by atoms with Gasteiger partial charge in [0.2, 0.25) is 0 Å². The molecular formula is C13H20N2O3S. The first-order valence-electron chi connectivity index (χ1n) is 6.32. The number of nitrogens with zero attached hydrogens (tertiary/aromatic N) is 1. The van der Waals surface area contributed by atoms with Gasteiger partial charge in [0.15, 0.2) is 0 Å². The van der Waals surface area contributed by atoms with Gasteiger partial charge in [-0.15, -0.1) is 0 Å². The van der Waals surface area contributed by atoms with E-state index in [-0.39, 0.29) is 5.69 Å². The van der Waals surface area contributed by atoms with Crippen LogP contribution in [-0.2, 0) is 0 Å². The van der Waals surface area contributed by atoms with E-state index in [2.05, 4.69) is 11.6 Å². The van der Waals surface area contributed by atoms with Gasteiger partial charge >= 0.3 is 0 Å². The fraction of sp³-hybridized carbons (Fsp3) is 0.538. The number of non-ortho nitro benzene ring substituents is 1. The van der Waals surface area contributed by atoms with Crippen LogP contribution in [0.2, 0.25) is 0 Å². The lowest BCUT2D eigenvalue weighted by molar-refractivity contribution is -0.384. The molecule has 5 nitrogen and oxygen atoms in total. The molecule has 1 N–H and O–H groups in total. The van der Waals surface area contributed by atoms with Crippen molar-refractivity contribution in [1.29, 1.82) is 0 Å². The van der Waals surface area contributed by atoms with Crippen molar-refractivity contribution < 1.29 is 9.66 Å². The van der Waals surface area contributed by atoms with Gasteiger partial charge in [-0.05, 0) is 31.8 Å². The third kappa shape index (κ3) is 5.83. The summed E-state index contributed by atoms with van der Waals surface area (Å²) in [4.78, 5) is 10.4. The van der Waals surface area contributed by atoms with Crippen LogP contribution in [0.1, 0.15) is 19.8 Å². The normalized spacial score (nSPS) is 10.2. The topological polar surface area (TPSA) is 64.4 Å². The molecule has 0 saturated heterocycles. The van der Waals surface area contributed by atoms with Crippen LogP contribution in [-0.4, -0.2) is 30.1 Å². The number of benzene rings is 1. The molecule has 0 aliphatic heterocycles. The molecule has 1 aromatic rings. The number of nitro benzene ring substituents is 1. The molecule has 0 radical (unpaired) electrons. The van der Waals surface area contributed by atoms with E-state index in [1.807, 2.05) is 18.7 Å². The first-order chi connectivity index (χ1) is 9.17. The molecule has 0 aromatic heterocycles. The third-order valence-electron chi connectivity index (χ3n) is 2.52. The monoisotopic (exact) mass is 284 g/mol. The van der Waals surface area contributed by atoms with E-state index in [0.717, 1.165) is 30.8 Å². The summed E-state index contributed by atoms with van der Waals surface area (Å²) in [6.07, 6.45) is 4.28. The first-order valence-corrected chi connectivity index (χ1v) is 7.72. The molecule has 0 fully saturated rings. The Bertz CT molecular complexity index is 413. The van der Waals surface area contributed by atoms with Crippen molar-refractivity contribution in [1.82, 2.24) is 0 Å². The maximum absolute atomic E-state index is 10.8. The summed E-state index contributed by atoms with van der Waals surface area (Å²) in [7, 11) is 0. The molecule has 0 amide bonds. The number of nitrogens with one attached hydrogen (secondary N) is 1. The van der Waals surface area contributed by atoms with Crippen molar-refractivity contribution in [2.45, 2.75) is 19.8 Å². The Morgan fingerprint density at radius 3 is 2.79 bits per heavy atom. The highest BCUT2D eigenvalue weighted by molar-refractivity contribution is 7.98. The largest absolute Gasteiger partial charge is 0.494 e. The summed E-state index contributed by atoms with van der Waals surface area (Å²) < 4.78 is 5.33. The minimum Gasteiger partial charge on any atom is -0.494 e. The van der Waals surface area contributed by atoms with Gasteiger partial charge in [-0.2, -0.15) is 11.8 Å². The lowest BCUT2D eigenvalue weighted by Crippen LogP contribution is -2.03. The second-order valence-electron chi connectivity index (χ2n) is 4.03. The number of ether oxygens (including phenoxy) is 1. The molecular weight excluding hydrogens is 264 g/mol. The molecule has 1 rings (SSSR count). The molecule has 19 heavy (non-hydrogen) atoms. The maximum Gasteiger partial charge on any atom is 0.275 e. The van der Waals surface area contributed by atoms with E-state index in [0.29, 0.717) is 12.4 Å². The Balaban J connectivity index is 2.62.